The monoisotopic (exact) mass is 365 g/mol. The second kappa shape index (κ2) is 6.93. The Balaban J connectivity index is 1.47. The van der Waals surface area contributed by atoms with Gasteiger partial charge < -0.3 is 5.32 Å². The van der Waals surface area contributed by atoms with Gasteiger partial charge in [-0.2, -0.15) is 5.10 Å². The Labute approximate surface area is 153 Å². The molecular weight excluding hydrogens is 350 g/mol. The Morgan fingerprint density at radius 3 is 2.85 bits per heavy atom. The Bertz CT molecular complexity index is 1060. The molecule has 0 unspecified atom stereocenters. The number of nitro groups is 1. The van der Waals surface area contributed by atoms with Crippen LogP contribution in [-0.4, -0.2) is 19.7 Å². The first-order valence-electron chi connectivity index (χ1n) is 8.01. The Kier molecular flexibility index (Phi) is 4.32. The van der Waals surface area contributed by atoms with Crippen molar-refractivity contribution in [2.24, 2.45) is 0 Å². The molecular formula is C18H15N5O2S. The molecule has 4 aromatic rings. The fourth-order valence-electron chi connectivity index (χ4n) is 2.70. The van der Waals surface area contributed by atoms with Crippen LogP contribution in [0.1, 0.15) is 11.1 Å². The minimum absolute atomic E-state index is 0.0824. The van der Waals surface area contributed by atoms with Crippen LogP contribution in [-0.2, 0) is 13.1 Å². The van der Waals surface area contributed by atoms with Crippen LogP contribution in [0.3, 0.4) is 0 Å². The zero-order chi connectivity index (χ0) is 17.9. The van der Waals surface area contributed by atoms with E-state index in [1.54, 1.807) is 18.3 Å². The van der Waals surface area contributed by atoms with Gasteiger partial charge in [-0.15, -0.1) is 0 Å². The van der Waals surface area contributed by atoms with Gasteiger partial charge in [0.25, 0.3) is 5.69 Å². The molecule has 1 N–H and O–H groups in total. The molecule has 130 valence electrons. The van der Waals surface area contributed by atoms with Crippen molar-refractivity contribution in [3.05, 3.63) is 82.2 Å². The predicted octanol–water partition coefficient (Wildman–Crippen LogP) is 4.06. The number of hydrogen-bond donors (Lipinski definition) is 1. The quantitative estimate of drug-likeness (QED) is 0.411. The number of rotatable bonds is 6. The van der Waals surface area contributed by atoms with Crippen molar-refractivity contribution in [2.45, 2.75) is 13.1 Å². The number of nitro benzene ring substituents is 1. The number of hydrogen-bond acceptors (Lipinski definition) is 6. The molecule has 2 aromatic carbocycles. The van der Waals surface area contributed by atoms with Gasteiger partial charge in [0.15, 0.2) is 5.13 Å². The first-order valence-corrected chi connectivity index (χ1v) is 8.83. The Morgan fingerprint density at radius 2 is 2.04 bits per heavy atom. The minimum atomic E-state index is -0.392. The average Bonchev–Trinajstić information content (AvgIpc) is 3.28. The maximum Gasteiger partial charge on any atom is 0.270 e. The topological polar surface area (TPSA) is 85.9 Å². The zero-order valence-corrected chi connectivity index (χ0v) is 14.5. The number of nitrogens with zero attached hydrogens (tertiary/aromatic N) is 4. The van der Waals surface area contributed by atoms with Crippen LogP contribution in [0, 0.1) is 10.1 Å². The summed E-state index contributed by atoms with van der Waals surface area (Å²) in [7, 11) is 0. The average molecular weight is 365 g/mol. The van der Waals surface area contributed by atoms with E-state index >= 15 is 0 Å². The third kappa shape index (κ3) is 3.55. The van der Waals surface area contributed by atoms with Crippen LogP contribution in [0.25, 0.3) is 10.2 Å². The van der Waals surface area contributed by atoms with Gasteiger partial charge in [0, 0.05) is 31.1 Å². The number of benzene rings is 2. The standard InChI is InChI=1S/C18H15N5O2S/c24-23(25)15-5-6-16-17(10-15)26-18(21-16)19-11-13-3-1-4-14(9-13)12-22-8-2-7-20-22/h1-10H,11-12H2,(H,19,21). The Hall–Kier alpha value is -3.26. The highest BCUT2D eigenvalue weighted by Crippen LogP contribution is 2.29. The van der Waals surface area contributed by atoms with Crippen LogP contribution in [0.4, 0.5) is 10.8 Å². The summed E-state index contributed by atoms with van der Waals surface area (Å²) in [6.07, 6.45) is 3.70. The lowest BCUT2D eigenvalue weighted by Gasteiger charge is -2.06. The second-order valence-electron chi connectivity index (χ2n) is 5.81. The molecule has 2 aromatic heterocycles. The van der Waals surface area contributed by atoms with Crippen molar-refractivity contribution in [1.82, 2.24) is 14.8 Å². The molecule has 4 rings (SSSR count). The summed E-state index contributed by atoms with van der Waals surface area (Å²) in [4.78, 5) is 15.0. The number of aromatic nitrogens is 3. The van der Waals surface area contributed by atoms with E-state index in [4.69, 9.17) is 0 Å². The van der Waals surface area contributed by atoms with E-state index in [1.807, 2.05) is 23.0 Å². The summed E-state index contributed by atoms with van der Waals surface area (Å²) in [5.41, 5.74) is 3.15. The van der Waals surface area contributed by atoms with Crippen LogP contribution >= 0.6 is 11.3 Å². The van der Waals surface area contributed by atoms with Crippen LogP contribution in [0.15, 0.2) is 60.9 Å². The van der Waals surface area contributed by atoms with Gasteiger partial charge in [-0.1, -0.05) is 35.6 Å². The Morgan fingerprint density at radius 1 is 1.15 bits per heavy atom. The van der Waals surface area contributed by atoms with Gasteiger partial charge in [-0.25, -0.2) is 4.98 Å². The molecule has 2 heterocycles. The van der Waals surface area contributed by atoms with E-state index in [9.17, 15) is 10.1 Å². The summed E-state index contributed by atoms with van der Waals surface area (Å²) in [6, 6.07) is 14.9. The third-order valence-electron chi connectivity index (χ3n) is 3.92. The van der Waals surface area contributed by atoms with Gasteiger partial charge in [-0.3, -0.25) is 14.8 Å². The van der Waals surface area contributed by atoms with Gasteiger partial charge in [-0.05, 0) is 23.3 Å². The smallest absolute Gasteiger partial charge is 0.270 e. The molecule has 26 heavy (non-hydrogen) atoms. The second-order valence-corrected chi connectivity index (χ2v) is 6.84. The van der Waals surface area contributed by atoms with Gasteiger partial charge in [0.05, 0.1) is 21.7 Å². The van der Waals surface area contributed by atoms with E-state index in [0.29, 0.717) is 6.54 Å². The molecule has 0 saturated carbocycles. The lowest BCUT2D eigenvalue weighted by Crippen LogP contribution is -2.02. The molecule has 0 saturated heterocycles. The fourth-order valence-corrected chi connectivity index (χ4v) is 3.59. The number of fused-ring (bicyclic) bond motifs is 1. The van der Waals surface area contributed by atoms with E-state index < -0.39 is 4.92 Å². The van der Waals surface area contributed by atoms with Crippen molar-refractivity contribution >= 4 is 32.4 Å². The molecule has 0 fully saturated rings. The summed E-state index contributed by atoms with van der Waals surface area (Å²) in [5.74, 6) is 0. The third-order valence-corrected chi connectivity index (χ3v) is 4.90. The van der Waals surface area contributed by atoms with Crippen molar-refractivity contribution < 1.29 is 4.92 Å². The van der Waals surface area contributed by atoms with Gasteiger partial charge in [0.2, 0.25) is 0 Å². The summed E-state index contributed by atoms with van der Waals surface area (Å²) in [6.45, 7) is 1.36. The molecule has 7 nitrogen and oxygen atoms in total. The van der Waals surface area contributed by atoms with Crippen molar-refractivity contribution in [3.63, 3.8) is 0 Å². The molecule has 0 aliphatic rings. The zero-order valence-electron chi connectivity index (χ0n) is 13.7. The van der Waals surface area contributed by atoms with Crippen LogP contribution in [0.5, 0.6) is 0 Å². The number of non-ortho nitro benzene ring substituents is 1. The van der Waals surface area contributed by atoms with E-state index in [2.05, 4.69) is 33.6 Å². The first kappa shape index (κ1) is 16.2. The predicted molar refractivity (Wildman–Crippen MR) is 101 cm³/mol. The van der Waals surface area contributed by atoms with Crippen molar-refractivity contribution in [2.75, 3.05) is 5.32 Å². The molecule has 0 bridgehead atoms. The maximum atomic E-state index is 10.9. The lowest BCUT2D eigenvalue weighted by molar-refractivity contribution is -0.384. The highest BCUT2D eigenvalue weighted by Gasteiger charge is 2.10. The van der Waals surface area contributed by atoms with Crippen LogP contribution < -0.4 is 5.32 Å². The number of nitrogens with one attached hydrogen (secondary N) is 1. The summed E-state index contributed by atoms with van der Waals surface area (Å²) in [5, 5.41) is 19.1. The van der Waals surface area contributed by atoms with Crippen molar-refractivity contribution in [1.29, 1.82) is 0 Å². The molecule has 0 amide bonds. The van der Waals surface area contributed by atoms with E-state index in [-0.39, 0.29) is 5.69 Å². The SMILES string of the molecule is O=[N+]([O-])c1ccc2nc(NCc3cccc(Cn4cccn4)c3)sc2c1. The lowest BCUT2D eigenvalue weighted by atomic mass is 10.1. The van der Waals surface area contributed by atoms with Crippen molar-refractivity contribution in [3.8, 4) is 0 Å². The first-order chi connectivity index (χ1) is 12.7. The minimum Gasteiger partial charge on any atom is -0.357 e. The molecule has 0 aliphatic heterocycles. The normalized spacial score (nSPS) is 10.9. The molecule has 0 radical (unpaired) electrons. The molecule has 0 atom stereocenters. The number of anilines is 1. The highest BCUT2D eigenvalue weighted by atomic mass is 32.1. The summed E-state index contributed by atoms with van der Waals surface area (Å²) >= 11 is 1.42. The molecule has 8 heteroatoms. The van der Waals surface area contributed by atoms with E-state index in [1.165, 1.54) is 23.0 Å². The highest BCUT2D eigenvalue weighted by molar-refractivity contribution is 7.22. The largest absolute Gasteiger partial charge is 0.357 e. The van der Waals surface area contributed by atoms with Crippen LogP contribution in [0.2, 0.25) is 0 Å². The molecule has 0 spiro atoms. The maximum absolute atomic E-state index is 10.9. The summed E-state index contributed by atoms with van der Waals surface area (Å²) < 4.78 is 2.68. The van der Waals surface area contributed by atoms with Gasteiger partial charge in [0.1, 0.15) is 0 Å². The van der Waals surface area contributed by atoms with E-state index in [0.717, 1.165) is 27.5 Å². The van der Waals surface area contributed by atoms with Gasteiger partial charge >= 0.3 is 0 Å². The number of thiazole rings is 1. The molecule has 0 aliphatic carbocycles. The fraction of sp³-hybridized carbons (Fsp3) is 0.111.